The summed E-state index contributed by atoms with van der Waals surface area (Å²) in [6.07, 6.45) is 6.30. The molecule has 0 N–H and O–H groups in total. The summed E-state index contributed by atoms with van der Waals surface area (Å²) in [7, 11) is 0. The lowest BCUT2D eigenvalue weighted by Gasteiger charge is -2.23. The minimum absolute atomic E-state index is 0.00232. The van der Waals surface area contributed by atoms with Crippen LogP contribution >= 0.6 is 0 Å². The summed E-state index contributed by atoms with van der Waals surface area (Å²) >= 11 is 0. The summed E-state index contributed by atoms with van der Waals surface area (Å²) in [4.78, 5) is 15.3. The smallest absolute Gasteiger partial charge is 0.227 e. The van der Waals surface area contributed by atoms with Gasteiger partial charge < -0.3 is 4.42 Å². The summed E-state index contributed by atoms with van der Waals surface area (Å²) < 4.78 is 9.02. The van der Waals surface area contributed by atoms with Crippen LogP contribution in [0.15, 0.2) is 89.3 Å². The van der Waals surface area contributed by atoms with Gasteiger partial charge in [-0.2, -0.15) is 0 Å². The maximum atomic E-state index is 6.71. The molecule has 0 saturated heterocycles. The van der Waals surface area contributed by atoms with Crippen molar-refractivity contribution in [2.75, 3.05) is 0 Å². The number of aromatic nitrogens is 4. The second-order valence-electron chi connectivity index (χ2n) is 14.0. The highest BCUT2D eigenvalue weighted by Crippen LogP contribution is 2.41. The van der Waals surface area contributed by atoms with Gasteiger partial charge in [0.25, 0.3) is 0 Å². The Labute approximate surface area is 270 Å². The van der Waals surface area contributed by atoms with Crippen molar-refractivity contribution in [2.45, 2.75) is 78.1 Å². The predicted octanol–water partition coefficient (Wildman–Crippen LogP) is 11.0. The maximum Gasteiger partial charge on any atom is 0.227 e. The van der Waals surface area contributed by atoms with E-state index in [1.807, 2.05) is 0 Å². The monoisotopic (exact) mass is 604 g/mol. The van der Waals surface area contributed by atoms with Crippen molar-refractivity contribution in [1.82, 2.24) is 19.5 Å². The van der Waals surface area contributed by atoms with E-state index < -0.39 is 0 Å². The van der Waals surface area contributed by atoms with Crippen molar-refractivity contribution in [3.05, 3.63) is 108 Å². The quantitative estimate of drug-likeness (QED) is 0.201. The Balaban J connectivity index is 1.41. The fourth-order valence-electron chi connectivity index (χ4n) is 7.35. The van der Waals surface area contributed by atoms with Gasteiger partial charge in [-0.3, -0.25) is 9.55 Å². The number of nitrogens with zero attached hydrogens (tertiary/aromatic N) is 4. The Kier molecular flexibility index (Phi) is 6.82. The first-order chi connectivity index (χ1) is 22.3. The van der Waals surface area contributed by atoms with Gasteiger partial charge in [-0.05, 0) is 79.6 Å². The standard InChI is InChI=1S/C41H40N4O/c1-25-23-36-37(26(2)42-25)44-39(45(36)35-22-19-29(41(3,4)5)24-33(35)27-13-8-6-9-14-27)32-18-12-17-30-31-20-21-34(28-15-10-7-11-16-28)43-40(31)46-38(30)32/h6,8-9,12-14,17-24,28H,7,10-11,15-16H2,1-5H3. The number of hydrogen-bond donors (Lipinski definition) is 0. The Morgan fingerprint density at radius 2 is 1.54 bits per heavy atom. The molecule has 230 valence electrons. The van der Waals surface area contributed by atoms with Gasteiger partial charge in [-0.15, -0.1) is 0 Å². The summed E-state index contributed by atoms with van der Waals surface area (Å²) in [6, 6.07) is 30.5. The maximum absolute atomic E-state index is 6.71. The molecule has 0 aliphatic heterocycles. The molecule has 1 aliphatic carbocycles. The van der Waals surface area contributed by atoms with Crippen LogP contribution in [0.5, 0.6) is 0 Å². The van der Waals surface area contributed by atoms with Crippen LogP contribution in [0, 0.1) is 13.8 Å². The fraction of sp³-hybridized carbons (Fsp3) is 0.293. The highest BCUT2D eigenvalue weighted by molar-refractivity contribution is 6.08. The molecule has 0 spiro atoms. The minimum Gasteiger partial charge on any atom is -0.437 e. The Bertz CT molecular complexity index is 2240. The molecule has 3 aromatic carbocycles. The average Bonchev–Trinajstić information content (AvgIpc) is 3.63. The number of rotatable bonds is 4. The number of benzene rings is 3. The van der Waals surface area contributed by atoms with Crippen molar-refractivity contribution >= 4 is 33.1 Å². The second-order valence-corrected chi connectivity index (χ2v) is 14.0. The molecule has 4 aromatic heterocycles. The highest BCUT2D eigenvalue weighted by Gasteiger charge is 2.25. The third kappa shape index (κ3) is 4.81. The van der Waals surface area contributed by atoms with Crippen molar-refractivity contribution in [3.8, 4) is 28.2 Å². The minimum atomic E-state index is 0.00232. The molecular formula is C41H40N4O. The number of furan rings is 1. The van der Waals surface area contributed by atoms with Crippen LogP contribution in [0.4, 0.5) is 0 Å². The molecule has 1 saturated carbocycles. The number of hydrogen-bond acceptors (Lipinski definition) is 4. The van der Waals surface area contributed by atoms with Gasteiger partial charge in [-0.25, -0.2) is 9.97 Å². The summed E-state index contributed by atoms with van der Waals surface area (Å²) in [5.41, 5.74) is 12.1. The molecule has 1 fully saturated rings. The SMILES string of the molecule is Cc1cc2c(nc(-c3cccc4c3oc3nc(C5CCCCC5)ccc34)n2-c2ccc(C(C)(C)C)cc2-c2ccccc2)c(C)n1. The average molecular weight is 605 g/mol. The van der Waals surface area contributed by atoms with E-state index in [1.54, 1.807) is 0 Å². The van der Waals surface area contributed by atoms with Crippen LogP contribution in [-0.4, -0.2) is 19.5 Å². The topological polar surface area (TPSA) is 56.7 Å². The zero-order valence-electron chi connectivity index (χ0n) is 27.4. The van der Waals surface area contributed by atoms with Crippen molar-refractivity contribution in [1.29, 1.82) is 0 Å². The van der Waals surface area contributed by atoms with Crippen LogP contribution in [0.3, 0.4) is 0 Å². The second kappa shape index (κ2) is 10.9. The van der Waals surface area contributed by atoms with E-state index in [2.05, 4.69) is 124 Å². The first-order valence-corrected chi connectivity index (χ1v) is 16.7. The molecule has 0 amide bonds. The van der Waals surface area contributed by atoms with Gasteiger partial charge in [0.2, 0.25) is 5.71 Å². The van der Waals surface area contributed by atoms with E-state index in [4.69, 9.17) is 19.4 Å². The Hall–Kier alpha value is -4.77. The molecular weight excluding hydrogens is 564 g/mol. The third-order valence-electron chi connectivity index (χ3n) is 9.78. The van der Waals surface area contributed by atoms with E-state index in [-0.39, 0.29) is 5.41 Å². The van der Waals surface area contributed by atoms with Crippen LogP contribution in [0.1, 0.15) is 81.4 Å². The van der Waals surface area contributed by atoms with Crippen LogP contribution < -0.4 is 0 Å². The number of imidazole rings is 1. The van der Waals surface area contributed by atoms with E-state index in [0.29, 0.717) is 11.6 Å². The van der Waals surface area contributed by atoms with Gasteiger partial charge in [0.15, 0.2) is 0 Å². The molecule has 46 heavy (non-hydrogen) atoms. The lowest BCUT2D eigenvalue weighted by molar-refractivity contribution is 0.436. The van der Waals surface area contributed by atoms with Crippen molar-refractivity contribution in [3.63, 3.8) is 0 Å². The molecule has 0 bridgehead atoms. The molecule has 5 nitrogen and oxygen atoms in total. The number of fused-ring (bicyclic) bond motifs is 4. The van der Waals surface area contributed by atoms with E-state index in [0.717, 1.165) is 67.1 Å². The lowest BCUT2D eigenvalue weighted by atomic mass is 9.85. The summed E-state index contributed by atoms with van der Waals surface area (Å²) in [5.74, 6) is 1.35. The first kappa shape index (κ1) is 28.7. The number of para-hydroxylation sites is 1. The highest BCUT2D eigenvalue weighted by atomic mass is 16.3. The van der Waals surface area contributed by atoms with Gasteiger partial charge >= 0.3 is 0 Å². The van der Waals surface area contributed by atoms with E-state index in [1.165, 1.54) is 43.2 Å². The molecule has 0 unspecified atom stereocenters. The molecule has 4 heterocycles. The third-order valence-corrected chi connectivity index (χ3v) is 9.78. The van der Waals surface area contributed by atoms with Crippen molar-refractivity contribution in [2.24, 2.45) is 0 Å². The normalized spacial score (nSPS) is 14.5. The number of pyridine rings is 2. The van der Waals surface area contributed by atoms with Gasteiger partial charge in [0, 0.05) is 33.6 Å². The molecule has 8 rings (SSSR count). The Morgan fingerprint density at radius 3 is 2.33 bits per heavy atom. The Morgan fingerprint density at radius 1 is 0.739 bits per heavy atom. The zero-order chi connectivity index (χ0) is 31.6. The summed E-state index contributed by atoms with van der Waals surface area (Å²) in [5, 5.41) is 2.11. The van der Waals surface area contributed by atoms with E-state index >= 15 is 0 Å². The molecule has 1 aliphatic rings. The van der Waals surface area contributed by atoms with Crippen LogP contribution in [-0.2, 0) is 5.41 Å². The zero-order valence-corrected chi connectivity index (χ0v) is 27.4. The number of aryl methyl sites for hydroxylation is 2. The molecule has 0 radical (unpaired) electrons. The van der Waals surface area contributed by atoms with Gasteiger partial charge in [-0.1, -0.05) is 88.6 Å². The molecule has 0 atom stereocenters. The van der Waals surface area contributed by atoms with Gasteiger partial charge in [0.05, 0.1) is 22.5 Å². The van der Waals surface area contributed by atoms with Gasteiger partial charge in [0.1, 0.15) is 16.9 Å². The van der Waals surface area contributed by atoms with E-state index in [9.17, 15) is 0 Å². The predicted molar refractivity (Wildman–Crippen MR) is 189 cm³/mol. The largest absolute Gasteiger partial charge is 0.437 e. The molecule has 5 heteroatoms. The fourth-order valence-corrected chi connectivity index (χ4v) is 7.35. The molecule has 7 aromatic rings. The van der Waals surface area contributed by atoms with Crippen molar-refractivity contribution < 1.29 is 4.42 Å². The van der Waals surface area contributed by atoms with Crippen LogP contribution in [0.25, 0.3) is 61.3 Å². The lowest BCUT2D eigenvalue weighted by Crippen LogP contribution is -2.12. The summed E-state index contributed by atoms with van der Waals surface area (Å²) in [6.45, 7) is 10.9. The first-order valence-electron chi connectivity index (χ1n) is 16.7. The van der Waals surface area contributed by atoms with Crippen LogP contribution in [0.2, 0.25) is 0 Å².